The maximum absolute atomic E-state index is 12.5. The Bertz CT molecular complexity index is 960. The second-order valence-corrected chi connectivity index (χ2v) is 8.95. The number of amides is 1. The number of anilines is 1. The Morgan fingerprint density at radius 1 is 1.00 bits per heavy atom. The Hall–Kier alpha value is -2.34. The number of carbonyl (C=O) groups excluding carboxylic acids is 1. The fourth-order valence-corrected chi connectivity index (χ4v) is 5.11. The molecule has 4 rings (SSSR count). The number of allylic oxidation sites excluding steroid dienone is 1. The van der Waals surface area contributed by atoms with Gasteiger partial charge in [-0.15, -0.1) is 0 Å². The van der Waals surface area contributed by atoms with Crippen molar-refractivity contribution in [2.24, 2.45) is 5.92 Å². The van der Waals surface area contributed by atoms with Crippen molar-refractivity contribution in [1.82, 2.24) is 4.90 Å². The van der Waals surface area contributed by atoms with E-state index in [0.717, 1.165) is 13.1 Å². The number of hydrogen-bond donors (Lipinski definition) is 0. The van der Waals surface area contributed by atoms with E-state index in [1.807, 2.05) is 17.0 Å². The third kappa shape index (κ3) is 3.60. The number of benzene rings is 2. The van der Waals surface area contributed by atoms with Crippen molar-refractivity contribution < 1.29 is 13.2 Å². The summed E-state index contributed by atoms with van der Waals surface area (Å²) in [5.41, 5.74) is 1.18. The molecule has 0 bridgehead atoms. The van der Waals surface area contributed by atoms with Crippen LogP contribution in [-0.2, 0) is 14.6 Å². The molecule has 5 nitrogen and oxygen atoms in total. The van der Waals surface area contributed by atoms with Gasteiger partial charge in [-0.05, 0) is 22.9 Å². The fourth-order valence-electron chi connectivity index (χ4n) is 3.71. The van der Waals surface area contributed by atoms with Crippen LogP contribution in [0.5, 0.6) is 0 Å². The van der Waals surface area contributed by atoms with Gasteiger partial charge in [0.2, 0.25) is 5.91 Å². The molecule has 2 aromatic rings. The fraction of sp³-hybridized carbons (Fsp3) is 0.350. The third-order valence-electron chi connectivity index (χ3n) is 5.17. The van der Waals surface area contributed by atoms with E-state index in [1.165, 1.54) is 21.9 Å². The first-order chi connectivity index (χ1) is 12.5. The van der Waals surface area contributed by atoms with Crippen LogP contribution in [0.3, 0.4) is 0 Å². The van der Waals surface area contributed by atoms with Crippen LogP contribution in [0, 0.1) is 5.92 Å². The molecule has 0 aliphatic carbocycles. The zero-order valence-electron chi connectivity index (χ0n) is 14.5. The second kappa shape index (κ2) is 6.76. The Balaban J connectivity index is 1.36. The summed E-state index contributed by atoms with van der Waals surface area (Å²) in [6.07, 6.45) is 1.93. The molecule has 1 fully saturated rings. The molecule has 0 N–H and O–H groups in total. The van der Waals surface area contributed by atoms with Crippen molar-refractivity contribution in [3.05, 3.63) is 53.9 Å². The van der Waals surface area contributed by atoms with E-state index < -0.39 is 9.84 Å². The van der Waals surface area contributed by atoms with E-state index >= 15 is 0 Å². The maximum Gasteiger partial charge on any atom is 0.223 e. The highest BCUT2D eigenvalue weighted by Gasteiger charge is 2.27. The molecule has 1 saturated heterocycles. The highest BCUT2D eigenvalue weighted by atomic mass is 32.2. The lowest BCUT2D eigenvalue weighted by Crippen LogP contribution is -2.49. The van der Waals surface area contributed by atoms with Crippen molar-refractivity contribution in [3.63, 3.8) is 0 Å². The first-order valence-electron chi connectivity index (χ1n) is 8.93. The number of piperazine rings is 1. The van der Waals surface area contributed by atoms with Crippen LogP contribution >= 0.6 is 0 Å². The van der Waals surface area contributed by atoms with Gasteiger partial charge in [0, 0.05) is 49.6 Å². The van der Waals surface area contributed by atoms with Gasteiger partial charge in [-0.1, -0.05) is 36.4 Å². The van der Waals surface area contributed by atoms with Crippen molar-refractivity contribution in [2.75, 3.05) is 36.8 Å². The van der Waals surface area contributed by atoms with Gasteiger partial charge < -0.3 is 9.80 Å². The number of sulfone groups is 1. The average Bonchev–Trinajstić information content (AvgIpc) is 2.99. The van der Waals surface area contributed by atoms with Gasteiger partial charge in [-0.3, -0.25) is 4.79 Å². The second-order valence-electron chi connectivity index (χ2n) is 7.02. The van der Waals surface area contributed by atoms with E-state index in [1.54, 1.807) is 6.08 Å². The zero-order chi connectivity index (χ0) is 18.1. The number of fused-ring (bicyclic) bond motifs is 1. The Morgan fingerprint density at radius 2 is 1.73 bits per heavy atom. The third-order valence-corrected chi connectivity index (χ3v) is 6.64. The van der Waals surface area contributed by atoms with E-state index in [4.69, 9.17) is 0 Å². The number of carbonyl (C=O) groups is 1. The first-order valence-corrected chi connectivity index (χ1v) is 10.6. The normalized spacial score (nSPS) is 22.1. The molecule has 1 atom stereocenters. The van der Waals surface area contributed by atoms with Crippen LogP contribution in [0.2, 0.25) is 0 Å². The average molecular weight is 370 g/mol. The Kier molecular flexibility index (Phi) is 4.44. The predicted octanol–water partition coefficient (Wildman–Crippen LogP) is 2.44. The van der Waals surface area contributed by atoms with Gasteiger partial charge in [0.25, 0.3) is 0 Å². The van der Waals surface area contributed by atoms with Crippen molar-refractivity contribution in [2.45, 2.75) is 6.42 Å². The van der Waals surface area contributed by atoms with Crippen LogP contribution in [0.15, 0.2) is 53.9 Å². The minimum atomic E-state index is -3.09. The molecule has 0 spiro atoms. The topological polar surface area (TPSA) is 57.7 Å². The lowest BCUT2D eigenvalue weighted by molar-refractivity contribution is -0.132. The number of hydrogen-bond acceptors (Lipinski definition) is 4. The van der Waals surface area contributed by atoms with Crippen LogP contribution in [0.4, 0.5) is 5.69 Å². The quantitative estimate of drug-likeness (QED) is 0.833. The van der Waals surface area contributed by atoms with Gasteiger partial charge in [-0.2, -0.15) is 0 Å². The largest absolute Gasteiger partial charge is 0.368 e. The minimum Gasteiger partial charge on any atom is -0.368 e. The molecule has 2 aliphatic heterocycles. The first kappa shape index (κ1) is 17.1. The van der Waals surface area contributed by atoms with Crippen molar-refractivity contribution in [1.29, 1.82) is 0 Å². The highest BCUT2D eigenvalue weighted by molar-refractivity contribution is 7.94. The van der Waals surface area contributed by atoms with Gasteiger partial charge in [0.1, 0.15) is 0 Å². The predicted molar refractivity (Wildman–Crippen MR) is 104 cm³/mol. The molecular weight excluding hydrogens is 348 g/mol. The van der Waals surface area contributed by atoms with E-state index in [-0.39, 0.29) is 24.0 Å². The van der Waals surface area contributed by atoms with Crippen LogP contribution < -0.4 is 4.90 Å². The summed E-state index contributed by atoms with van der Waals surface area (Å²) in [5.74, 6) is -0.0589. The van der Waals surface area contributed by atoms with E-state index in [0.29, 0.717) is 13.1 Å². The Labute approximate surface area is 153 Å². The summed E-state index contributed by atoms with van der Waals surface area (Å²) in [6, 6.07) is 14.8. The van der Waals surface area contributed by atoms with Crippen LogP contribution in [-0.4, -0.2) is 51.2 Å². The summed E-state index contributed by atoms with van der Waals surface area (Å²) in [5, 5.41) is 3.69. The molecule has 136 valence electrons. The van der Waals surface area contributed by atoms with Gasteiger partial charge in [-0.25, -0.2) is 8.42 Å². The highest BCUT2D eigenvalue weighted by Crippen LogP contribution is 2.24. The number of nitrogens with zero attached hydrogens (tertiary/aromatic N) is 2. The maximum atomic E-state index is 12.5. The smallest absolute Gasteiger partial charge is 0.223 e. The lowest BCUT2D eigenvalue weighted by atomic mass is 10.1. The van der Waals surface area contributed by atoms with Crippen LogP contribution in [0.25, 0.3) is 10.8 Å². The molecule has 0 radical (unpaired) electrons. The molecule has 0 unspecified atom stereocenters. The summed E-state index contributed by atoms with van der Waals surface area (Å²) >= 11 is 0. The van der Waals surface area contributed by atoms with Crippen LogP contribution in [0.1, 0.15) is 6.42 Å². The molecule has 1 amide bonds. The summed E-state index contributed by atoms with van der Waals surface area (Å²) < 4.78 is 22.9. The van der Waals surface area contributed by atoms with Gasteiger partial charge >= 0.3 is 0 Å². The molecule has 2 aromatic carbocycles. The van der Waals surface area contributed by atoms with Gasteiger partial charge in [0.05, 0.1) is 5.75 Å². The molecule has 2 aliphatic rings. The minimum absolute atomic E-state index is 0.0508. The van der Waals surface area contributed by atoms with E-state index in [2.05, 4.69) is 35.2 Å². The summed E-state index contributed by atoms with van der Waals surface area (Å²) in [4.78, 5) is 16.6. The molecule has 0 saturated carbocycles. The van der Waals surface area contributed by atoms with Crippen molar-refractivity contribution in [3.8, 4) is 0 Å². The summed E-state index contributed by atoms with van der Waals surface area (Å²) in [7, 11) is -3.09. The molecule has 26 heavy (non-hydrogen) atoms. The SMILES string of the molecule is O=C(C[C@H]1C=CS(=O)(=O)C1)N1CCN(c2ccc3ccccc3c2)CC1. The van der Waals surface area contributed by atoms with Gasteiger partial charge in [0.15, 0.2) is 9.84 Å². The monoisotopic (exact) mass is 370 g/mol. The lowest BCUT2D eigenvalue weighted by Gasteiger charge is -2.36. The standard InChI is InChI=1S/C20H22N2O3S/c23-20(13-16-7-12-26(24,25)15-16)22-10-8-21(9-11-22)19-6-5-17-3-1-2-4-18(17)14-19/h1-7,12,14,16H,8-11,13,15H2/t16-/m1/s1. The molecular formula is C20H22N2O3S. The summed E-state index contributed by atoms with van der Waals surface area (Å²) in [6.45, 7) is 2.94. The molecule has 6 heteroatoms. The number of rotatable bonds is 3. The zero-order valence-corrected chi connectivity index (χ0v) is 15.4. The Morgan fingerprint density at radius 3 is 2.42 bits per heavy atom. The molecule has 2 heterocycles. The van der Waals surface area contributed by atoms with Crippen molar-refractivity contribution >= 4 is 32.2 Å². The molecule has 0 aromatic heterocycles. The van der Waals surface area contributed by atoms with E-state index in [9.17, 15) is 13.2 Å².